The average Bonchev–Trinajstić information content (AvgIpc) is 3.10. The zero-order valence-corrected chi connectivity index (χ0v) is 23.0. The van der Waals surface area contributed by atoms with Crippen molar-refractivity contribution in [1.82, 2.24) is 0 Å². The van der Waals surface area contributed by atoms with E-state index in [9.17, 15) is 15.0 Å². The Labute approximate surface area is 208 Å². The maximum absolute atomic E-state index is 12.1. The number of aliphatic hydroxyl groups excluding tert-OH is 1. The molecule has 0 spiro atoms. The van der Waals surface area contributed by atoms with Crippen LogP contribution in [0.5, 0.6) is 0 Å². The molecule has 0 aromatic heterocycles. The van der Waals surface area contributed by atoms with Gasteiger partial charge < -0.3 is 14.9 Å². The van der Waals surface area contributed by atoms with E-state index in [2.05, 4.69) is 41.5 Å². The Kier molecular flexibility index (Phi) is 7.28. The summed E-state index contributed by atoms with van der Waals surface area (Å²) in [6.07, 6.45) is 9.29. The van der Waals surface area contributed by atoms with Gasteiger partial charge in [-0.3, -0.25) is 4.79 Å². The Morgan fingerprint density at radius 1 is 1.00 bits per heavy atom. The Balaban J connectivity index is 1.58. The molecule has 6 unspecified atom stereocenters. The lowest BCUT2D eigenvalue weighted by Gasteiger charge is -2.65. The molecule has 4 fully saturated rings. The molecule has 4 saturated carbocycles. The number of carbonyl (C=O) groups excluding carboxylic acids is 1. The van der Waals surface area contributed by atoms with Gasteiger partial charge in [0.2, 0.25) is 0 Å². The topological polar surface area (TPSA) is 66.8 Å². The molecule has 0 heterocycles. The molecule has 34 heavy (non-hydrogen) atoms. The number of carbonyl (C=O) groups is 1. The van der Waals surface area contributed by atoms with Crippen molar-refractivity contribution in [3.63, 3.8) is 0 Å². The van der Waals surface area contributed by atoms with E-state index in [1.807, 2.05) is 0 Å². The largest absolute Gasteiger partial charge is 0.459 e. The standard InChI is InChI=1S/C30H52O4/c1-18(2)19(3)8-9-20(4)24-10-11-25-23-16-27(34-21(5)31)30(33)17-22(32)12-15-29(30,7)26(23)13-14-28(24,25)6/h18-20,22-27,32-33H,8-17H2,1-7H3/t19?,20?,22-,23?,24?,25?,26?,27+,28+,29+,30-/m0/s1. The van der Waals surface area contributed by atoms with Gasteiger partial charge in [-0.05, 0) is 91.8 Å². The van der Waals surface area contributed by atoms with Gasteiger partial charge in [-0.25, -0.2) is 0 Å². The molecule has 4 aliphatic carbocycles. The zero-order valence-electron chi connectivity index (χ0n) is 23.0. The average molecular weight is 477 g/mol. The van der Waals surface area contributed by atoms with Gasteiger partial charge >= 0.3 is 5.97 Å². The van der Waals surface area contributed by atoms with E-state index in [0.29, 0.717) is 29.6 Å². The molecule has 0 aromatic rings. The van der Waals surface area contributed by atoms with Gasteiger partial charge in [-0.1, -0.05) is 54.4 Å². The quantitative estimate of drug-likeness (QED) is 0.437. The van der Waals surface area contributed by atoms with E-state index in [1.165, 1.54) is 39.0 Å². The summed E-state index contributed by atoms with van der Waals surface area (Å²) in [5, 5.41) is 22.5. The highest BCUT2D eigenvalue weighted by Gasteiger charge is 2.68. The summed E-state index contributed by atoms with van der Waals surface area (Å²) >= 11 is 0. The third-order valence-electron chi connectivity index (χ3n) is 12.1. The van der Waals surface area contributed by atoms with Gasteiger partial charge in [0.25, 0.3) is 0 Å². The van der Waals surface area contributed by atoms with Gasteiger partial charge in [0.15, 0.2) is 0 Å². The summed E-state index contributed by atoms with van der Waals surface area (Å²) in [7, 11) is 0. The molecule has 0 radical (unpaired) electrons. The molecular formula is C30H52O4. The number of hydrogen-bond donors (Lipinski definition) is 2. The maximum atomic E-state index is 12.1. The fourth-order valence-electron chi connectivity index (χ4n) is 9.61. The Morgan fingerprint density at radius 2 is 1.71 bits per heavy atom. The number of hydrogen-bond acceptors (Lipinski definition) is 4. The van der Waals surface area contributed by atoms with Crippen molar-refractivity contribution in [2.75, 3.05) is 0 Å². The third kappa shape index (κ3) is 4.17. The molecule has 4 aliphatic rings. The third-order valence-corrected chi connectivity index (χ3v) is 12.1. The molecule has 0 aromatic carbocycles. The Morgan fingerprint density at radius 3 is 2.35 bits per heavy atom. The lowest BCUT2D eigenvalue weighted by Crippen LogP contribution is -2.69. The molecule has 2 N–H and O–H groups in total. The summed E-state index contributed by atoms with van der Waals surface area (Å²) in [5.41, 5.74) is -1.07. The van der Waals surface area contributed by atoms with E-state index in [-0.39, 0.29) is 11.4 Å². The predicted molar refractivity (Wildman–Crippen MR) is 136 cm³/mol. The van der Waals surface area contributed by atoms with Gasteiger partial charge in [-0.15, -0.1) is 0 Å². The normalized spacial score (nSPS) is 47.9. The van der Waals surface area contributed by atoms with E-state index in [4.69, 9.17) is 4.74 Å². The Hall–Kier alpha value is -0.610. The summed E-state index contributed by atoms with van der Waals surface area (Å²) in [5.74, 6) is 4.33. The highest BCUT2D eigenvalue weighted by atomic mass is 16.6. The molecule has 0 saturated heterocycles. The van der Waals surface area contributed by atoms with Crippen LogP contribution >= 0.6 is 0 Å². The van der Waals surface area contributed by atoms with Crippen LogP contribution in [-0.4, -0.2) is 34.0 Å². The minimum atomic E-state index is -1.12. The first-order chi connectivity index (χ1) is 15.8. The van der Waals surface area contributed by atoms with Crippen molar-refractivity contribution in [3.8, 4) is 0 Å². The van der Waals surface area contributed by atoms with Crippen LogP contribution in [0.25, 0.3) is 0 Å². The summed E-state index contributed by atoms with van der Waals surface area (Å²) in [6, 6.07) is 0. The smallest absolute Gasteiger partial charge is 0.303 e. The van der Waals surface area contributed by atoms with Crippen LogP contribution < -0.4 is 0 Å². The summed E-state index contributed by atoms with van der Waals surface area (Å²) < 4.78 is 5.87. The minimum Gasteiger partial charge on any atom is -0.459 e. The lowest BCUT2D eigenvalue weighted by atomic mass is 9.42. The second-order valence-electron chi connectivity index (χ2n) is 14.0. The second-order valence-corrected chi connectivity index (χ2v) is 14.0. The van der Waals surface area contributed by atoms with Crippen molar-refractivity contribution in [2.24, 2.45) is 52.3 Å². The SMILES string of the molecule is CC(=O)O[C@@H]1CC2C3CCC(C(C)CCC(C)C(C)C)[C@@]3(C)CCC2[C@@]2(C)CC[C@H](O)C[C@]12O. The summed E-state index contributed by atoms with van der Waals surface area (Å²) in [6.45, 7) is 15.9. The van der Waals surface area contributed by atoms with Crippen molar-refractivity contribution in [3.05, 3.63) is 0 Å². The molecule has 4 rings (SSSR count). The number of fused-ring (bicyclic) bond motifs is 5. The molecule has 0 bridgehead atoms. The fraction of sp³-hybridized carbons (Fsp3) is 0.967. The van der Waals surface area contributed by atoms with Crippen molar-refractivity contribution >= 4 is 5.97 Å². The van der Waals surface area contributed by atoms with Gasteiger partial charge in [-0.2, -0.15) is 0 Å². The molecule has 4 heteroatoms. The first-order valence-corrected chi connectivity index (χ1v) is 14.4. The predicted octanol–water partition coefficient (Wildman–Crippen LogP) is 6.37. The first kappa shape index (κ1) is 26.5. The summed E-state index contributed by atoms with van der Waals surface area (Å²) in [4.78, 5) is 12.1. The van der Waals surface area contributed by atoms with Crippen LogP contribution in [0.1, 0.15) is 113 Å². The minimum absolute atomic E-state index is 0.299. The van der Waals surface area contributed by atoms with Crippen LogP contribution in [0.4, 0.5) is 0 Å². The number of aliphatic hydroxyl groups is 2. The van der Waals surface area contributed by atoms with E-state index < -0.39 is 17.8 Å². The van der Waals surface area contributed by atoms with Crippen molar-refractivity contribution in [2.45, 2.75) is 130 Å². The van der Waals surface area contributed by atoms with Crippen molar-refractivity contribution in [1.29, 1.82) is 0 Å². The molecule has 0 amide bonds. The molecule has 11 atom stereocenters. The highest BCUT2D eigenvalue weighted by molar-refractivity contribution is 5.66. The van der Waals surface area contributed by atoms with Gasteiger partial charge in [0, 0.05) is 18.8 Å². The molecule has 0 aliphatic heterocycles. The van der Waals surface area contributed by atoms with Gasteiger partial charge in [0.1, 0.15) is 11.7 Å². The van der Waals surface area contributed by atoms with E-state index in [0.717, 1.165) is 49.4 Å². The van der Waals surface area contributed by atoms with Gasteiger partial charge in [0.05, 0.1) is 6.10 Å². The van der Waals surface area contributed by atoms with Crippen LogP contribution in [0.15, 0.2) is 0 Å². The van der Waals surface area contributed by atoms with Crippen molar-refractivity contribution < 1.29 is 19.7 Å². The van der Waals surface area contributed by atoms with Crippen LogP contribution in [0.2, 0.25) is 0 Å². The number of ether oxygens (including phenoxy) is 1. The van der Waals surface area contributed by atoms with Crippen LogP contribution in [-0.2, 0) is 9.53 Å². The van der Waals surface area contributed by atoms with Crippen LogP contribution in [0, 0.1) is 52.3 Å². The maximum Gasteiger partial charge on any atom is 0.303 e. The molecule has 196 valence electrons. The molecular weight excluding hydrogens is 424 g/mol. The Bertz CT molecular complexity index is 750. The monoisotopic (exact) mass is 476 g/mol. The first-order valence-electron chi connectivity index (χ1n) is 14.4. The highest BCUT2D eigenvalue weighted by Crippen LogP contribution is 2.69. The lowest BCUT2D eigenvalue weighted by molar-refractivity contribution is -0.269. The second kappa shape index (κ2) is 9.36. The van der Waals surface area contributed by atoms with E-state index >= 15 is 0 Å². The molecule has 4 nitrogen and oxygen atoms in total. The zero-order chi connectivity index (χ0) is 25.1. The fourth-order valence-corrected chi connectivity index (χ4v) is 9.61. The number of esters is 1. The van der Waals surface area contributed by atoms with Crippen LogP contribution in [0.3, 0.4) is 0 Å². The number of rotatable bonds is 6. The van der Waals surface area contributed by atoms with E-state index in [1.54, 1.807) is 0 Å².